The highest BCUT2D eigenvalue weighted by Gasteiger charge is 2.15. The summed E-state index contributed by atoms with van der Waals surface area (Å²) < 4.78 is 5.09. The molecule has 0 unspecified atom stereocenters. The highest BCUT2D eigenvalue weighted by atomic mass is 79.9. The molecule has 1 aromatic carbocycles. The lowest BCUT2D eigenvalue weighted by molar-refractivity contribution is 0.101. The number of aldehydes is 1. The van der Waals surface area contributed by atoms with Crippen LogP contribution in [0.2, 0.25) is 0 Å². The van der Waals surface area contributed by atoms with Crippen molar-refractivity contribution in [2.45, 2.75) is 6.92 Å². The van der Waals surface area contributed by atoms with Gasteiger partial charge in [-0.25, -0.2) is 0 Å². The van der Waals surface area contributed by atoms with Crippen LogP contribution in [0.5, 0.6) is 5.75 Å². The second kappa shape index (κ2) is 5.07. The Morgan fingerprint density at radius 2 is 2.20 bits per heavy atom. The number of carbonyl (C=O) groups is 2. The number of hydrogen-bond acceptors (Lipinski definition) is 3. The first kappa shape index (κ1) is 11.9. The third-order valence-corrected chi connectivity index (χ3v) is 2.59. The molecule has 0 saturated carbocycles. The lowest BCUT2D eigenvalue weighted by atomic mass is 10.0. The molecule has 0 aliphatic carbocycles. The van der Waals surface area contributed by atoms with E-state index in [0.29, 0.717) is 16.9 Å². The van der Waals surface area contributed by atoms with E-state index in [-0.39, 0.29) is 11.1 Å². The van der Waals surface area contributed by atoms with Gasteiger partial charge in [0.1, 0.15) is 12.0 Å². The van der Waals surface area contributed by atoms with Crippen LogP contribution in [-0.2, 0) is 0 Å². The summed E-state index contributed by atoms with van der Waals surface area (Å²) >= 11 is 3.11. The number of hydrogen-bond donors (Lipinski definition) is 0. The Hall–Kier alpha value is -1.16. The van der Waals surface area contributed by atoms with Crippen molar-refractivity contribution < 1.29 is 14.3 Å². The van der Waals surface area contributed by atoms with Crippen LogP contribution in [-0.4, -0.2) is 24.5 Å². The molecular formula is C11H11BrO3. The first-order chi connectivity index (χ1) is 7.13. The van der Waals surface area contributed by atoms with Crippen molar-refractivity contribution in [2.24, 2.45) is 0 Å². The van der Waals surface area contributed by atoms with E-state index in [0.717, 1.165) is 11.8 Å². The van der Waals surface area contributed by atoms with Gasteiger partial charge in [0.15, 0.2) is 5.78 Å². The molecule has 0 radical (unpaired) electrons. The number of halogens is 1. The maximum Gasteiger partial charge on any atom is 0.177 e. The molecule has 80 valence electrons. The first-order valence-electron chi connectivity index (χ1n) is 4.37. The Bertz CT molecular complexity index is 399. The van der Waals surface area contributed by atoms with E-state index >= 15 is 0 Å². The number of methoxy groups -OCH3 is 1. The summed E-state index contributed by atoms with van der Waals surface area (Å²) in [6.07, 6.45) is 0.734. The summed E-state index contributed by atoms with van der Waals surface area (Å²) in [6, 6.07) is 3.24. The summed E-state index contributed by atoms with van der Waals surface area (Å²) in [5.41, 5.74) is 1.79. The molecule has 0 bridgehead atoms. The van der Waals surface area contributed by atoms with E-state index in [1.807, 2.05) is 0 Å². The Balaban J connectivity index is 3.36. The van der Waals surface area contributed by atoms with Gasteiger partial charge in [0, 0.05) is 5.56 Å². The quantitative estimate of drug-likeness (QED) is 0.479. The minimum Gasteiger partial charge on any atom is -0.496 e. The predicted molar refractivity (Wildman–Crippen MR) is 61.2 cm³/mol. The maximum atomic E-state index is 11.6. The van der Waals surface area contributed by atoms with E-state index in [1.165, 1.54) is 7.11 Å². The molecular weight excluding hydrogens is 260 g/mol. The van der Waals surface area contributed by atoms with Crippen LogP contribution in [0.4, 0.5) is 0 Å². The zero-order chi connectivity index (χ0) is 11.4. The Labute approximate surface area is 96.6 Å². The molecule has 0 atom stereocenters. The Kier molecular flexibility index (Phi) is 4.03. The number of carbonyl (C=O) groups excluding carboxylic acids is 2. The van der Waals surface area contributed by atoms with Crippen molar-refractivity contribution in [1.82, 2.24) is 0 Å². The number of alkyl halides is 1. The molecule has 4 heteroatoms. The van der Waals surface area contributed by atoms with E-state index in [9.17, 15) is 9.59 Å². The number of ketones is 1. The average molecular weight is 271 g/mol. The summed E-state index contributed by atoms with van der Waals surface area (Å²) in [6.45, 7) is 1.78. The highest BCUT2D eigenvalue weighted by molar-refractivity contribution is 9.09. The summed E-state index contributed by atoms with van der Waals surface area (Å²) in [7, 11) is 1.48. The number of Topliss-reactive ketones (excluding diaryl/α,β-unsaturated/α-hetero) is 1. The van der Waals surface area contributed by atoms with Crippen LogP contribution < -0.4 is 4.74 Å². The number of benzene rings is 1. The molecule has 0 saturated heterocycles. The normalized spacial score (nSPS) is 9.80. The van der Waals surface area contributed by atoms with Crippen LogP contribution in [0.15, 0.2) is 12.1 Å². The van der Waals surface area contributed by atoms with E-state index < -0.39 is 0 Å². The summed E-state index contributed by atoms with van der Waals surface area (Å²) in [5.74, 6) is 0.392. The van der Waals surface area contributed by atoms with Gasteiger partial charge in [-0.15, -0.1) is 0 Å². The summed E-state index contributed by atoms with van der Waals surface area (Å²) in [5, 5.41) is 0.241. The summed E-state index contributed by atoms with van der Waals surface area (Å²) in [4.78, 5) is 22.2. The van der Waals surface area contributed by atoms with Gasteiger partial charge >= 0.3 is 0 Å². The smallest absolute Gasteiger partial charge is 0.177 e. The lowest BCUT2D eigenvalue weighted by Crippen LogP contribution is -2.06. The van der Waals surface area contributed by atoms with Crippen LogP contribution in [0.1, 0.15) is 26.3 Å². The zero-order valence-corrected chi connectivity index (χ0v) is 10.1. The Morgan fingerprint density at radius 1 is 1.53 bits per heavy atom. The molecule has 0 spiro atoms. The van der Waals surface area contributed by atoms with Crippen LogP contribution >= 0.6 is 15.9 Å². The second-order valence-corrected chi connectivity index (χ2v) is 3.65. The minimum atomic E-state index is -0.0539. The van der Waals surface area contributed by atoms with Gasteiger partial charge in [0.25, 0.3) is 0 Å². The van der Waals surface area contributed by atoms with Crippen molar-refractivity contribution in [3.63, 3.8) is 0 Å². The number of aryl methyl sites for hydroxylation is 1. The van der Waals surface area contributed by atoms with Crippen LogP contribution in [0.3, 0.4) is 0 Å². The van der Waals surface area contributed by atoms with E-state index in [2.05, 4.69) is 15.9 Å². The topological polar surface area (TPSA) is 43.4 Å². The highest BCUT2D eigenvalue weighted by Crippen LogP contribution is 2.24. The SMILES string of the molecule is COc1cc(C=O)cc(C)c1C(=O)CBr. The van der Waals surface area contributed by atoms with Crippen molar-refractivity contribution in [3.05, 3.63) is 28.8 Å². The van der Waals surface area contributed by atoms with Crippen molar-refractivity contribution in [2.75, 3.05) is 12.4 Å². The van der Waals surface area contributed by atoms with Gasteiger partial charge in [-0.2, -0.15) is 0 Å². The zero-order valence-electron chi connectivity index (χ0n) is 8.54. The van der Waals surface area contributed by atoms with E-state index in [4.69, 9.17) is 4.74 Å². The van der Waals surface area contributed by atoms with Gasteiger partial charge in [-0.05, 0) is 24.6 Å². The van der Waals surface area contributed by atoms with Gasteiger partial charge in [0.05, 0.1) is 18.0 Å². The van der Waals surface area contributed by atoms with Gasteiger partial charge < -0.3 is 4.74 Å². The largest absolute Gasteiger partial charge is 0.496 e. The molecule has 15 heavy (non-hydrogen) atoms. The molecule has 0 amide bonds. The number of ether oxygens (including phenoxy) is 1. The molecule has 0 aliphatic heterocycles. The molecule has 1 rings (SSSR count). The monoisotopic (exact) mass is 270 g/mol. The first-order valence-corrected chi connectivity index (χ1v) is 5.49. The molecule has 0 aliphatic rings. The molecule has 3 nitrogen and oxygen atoms in total. The Morgan fingerprint density at radius 3 is 2.67 bits per heavy atom. The fraction of sp³-hybridized carbons (Fsp3) is 0.273. The molecule has 0 aromatic heterocycles. The van der Waals surface area contributed by atoms with E-state index in [1.54, 1.807) is 19.1 Å². The fourth-order valence-electron chi connectivity index (χ4n) is 1.43. The van der Waals surface area contributed by atoms with Crippen molar-refractivity contribution in [3.8, 4) is 5.75 Å². The van der Waals surface area contributed by atoms with Gasteiger partial charge in [-0.1, -0.05) is 15.9 Å². The van der Waals surface area contributed by atoms with Crippen LogP contribution in [0, 0.1) is 6.92 Å². The van der Waals surface area contributed by atoms with Crippen molar-refractivity contribution >= 4 is 28.0 Å². The predicted octanol–water partition coefficient (Wildman–Crippen LogP) is 2.39. The molecule has 0 fully saturated rings. The maximum absolute atomic E-state index is 11.6. The fourth-order valence-corrected chi connectivity index (χ4v) is 1.72. The molecule has 1 aromatic rings. The third-order valence-electron chi connectivity index (χ3n) is 2.08. The van der Waals surface area contributed by atoms with Gasteiger partial charge in [0.2, 0.25) is 0 Å². The number of rotatable bonds is 4. The molecule has 0 heterocycles. The third kappa shape index (κ3) is 2.45. The van der Waals surface area contributed by atoms with Crippen molar-refractivity contribution in [1.29, 1.82) is 0 Å². The average Bonchev–Trinajstić information content (AvgIpc) is 2.26. The molecule has 0 N–H and O–H groups in total. The second-order valence-electron chi connectivity index (χ2n) is 3.09. The van der Waals surface area contributed by atoms with Crippen LogP contribution in [0.25, 0.3) is 0 Å². The van der Waals surface area contributed by atoms with Gasteiger partial charge in [-0.3, -0.25) is 9.59 Å². The lowest BCUT2D eigenvalue weighted by Gasteiger charge is -2.10. The minimum absolute atomic E-state index is 0.0539. The standard InChI is InChI=1S/C11H11BrO3/c1-7-3-8(6-13)4-10(15-2)11(7)9(14)5-12/h3-4,6H,5H2,1-2H3.